The first kappa shape index (κ1) is 13.8. The topological polar surface area (TPSA) is 12.4 Å². The summed E-state index contributed by atoms with van der Waals surface area (Å²) in [5.74, 6) is -2.62. The quantitative estimate of drug-likeness (QED) is 0.663. The molecule has 3 heteroatoms. The molecule has 0 aliphatic rings. The maximum atomic E-state index is 12.5. The van der Waals surface area contributed by atoms with E-state index in [-0.39, 0.29) is 13.0 Å². The van der Waals surface area contributed by atoms with Crippen LogP contribution in [0.25, 0.3) is 0 Å². The second kappa shape index (κ2) is 6.48. The number of nitrogens with zero attached hydrogens (tertiary/aromatic N) is 1. The molecule has 0 atom stereocenters. The first-order valence-electron chi connectivity index (χ1n) is 5.98. The Labute approximate surface area is 102 Å². The van der Waals surface area contributed by atoms with Crippen LogP contribution in [-0.2, 0) is 6.42 Å². The van der Waals surface area contributed by atoms with Crippen molar-refractivity contribution < 1.29 is 8.78 Å². The van der Waals surface area contributed by atoms with E-state index in [0.717, 1.165) is 25.3 Å². The van der Waals surface area contributed by atoms with Gasteiger partial charge in [-0.25, -0.2) is 8.78 Å². The van der Waals surface area contributed by atoms with Crippen LogP contribution in [0, 0.1) is 0 Å². The van der Waals surface area contributed by atoms with Gasteiger partial charge in [-0.3, -0.25) is 4.99 Å². The van der Waals surface area contributed by atoms with Gasteiger partial charge in [0.15, 0.2) is 0 Å². The summed E-state index contributed by atoms with van der Waals surface area (Å²) in [6.07, 6.45) is 3.65. The van der Waals surface area contributed by atoms with Crippen molar-refractivity contribution in [2.45, 2.75) is 39.0 Å². The second-order valence-electron chi connectivity index (χ2n) is 4.35. The van der Waals surface area contributed by atoms with Crippen molar-refractivity contribution in [3.63, 3.8) is 0 Å². The zero-order valence-electron chi connectivity index (χ0n) is 10.4. The lowest BCUT2D eigenvalue weighted by Gasteiger charge is -2.06. The van der Waals surface area contributed by atoms with Gasteiger partial charge < -0.3 is 0 Å². The smallest absolute Gasteiger partial charge is 0.247 e. The van der Waals surface area contributed by atoms with Gasteiger partial charge in [-0.2, -0.15) is 0 Å². The number of halogens is 2. The lowest BCUT2D eigenvalue weighted by atomic mass is 10.1. The fourth-order valence-electron chi connectivity index (χ4n) is 1.49. The molecule has 0 radical (unpaired) electrons. The van der Waals surface area contributed by atoms with Crippen molar-refractivity contribution in [2.24, 2.45) is 4.99 Å². The van der Waals surface area contributed by atoms with Crippen molar-refractivity contribution in [1.29, 1.82) is 0 Å². The molecule has 0 aliphatic carbocycles. The van der Waals surface area contributed by atoms with Crippen molar-refractivity contribution in [1.82, 2.24) is 0 Å². The van der Waals surface area contributed by atoms with E-state index in [1.807, 2.05) is 12.1 Å². The minimum Gasteiger partial charge on any atom is -0.292 e. The molecule has 0 bridgehead atoms. The highest BCUT2D eigenvalue weighted by molar-refractivity contribution is 5.79. The molecule has 0 aromatic heterocycles. The van der Waals surface area contributed by atoms with E-state index in [9.17, 15) is 8.78 Å². The third kappa shape index (κ3) is 6.15. The molecule has 0 unspecified atom stereocenters. The lowest BCUT2D eigenvalue weighted by molar-refractivity contribution is 0.0158. The van der Waals surface area contributed by atoms with Crippen molar-refractivity contribution >= 4 is 6.21 Å². The molecule has 17 heavy (non-hydrogen) atoms. The molecule has 0 N–H and O–H groups in total. The van der Waals surface area contributed by atoms with Gasteiger partial charge in [0.05, 0.1) is 0 Å². The number of aliphatic imine (C=N–C) groups is 1. The first-order valence-corrected chi connectivity index (χ1v) is 5.98. The van der Waals surface area contributed by atoms with Gasteiger partial charge in [0.2, 0.25) is 5.92 Å². The molecule has 0 heterocycles. The predicted molar refractivity (Wildman–Crippen MR) is 68.1 cm³/mol. The van der Waals surface area contributed by atoms with E-state index in [1.54, 1.807) is 6.21 Å². The van der Waals surface area contributed by atoms with Crippen LogP contribution in [0.4, 0.5) is 8.78 Å². The predicted octanol–water partition coefficient (Wildman–Crippen LogP) is 4.10. The maximum absolute atomic E-state index is 12.5. The average molecular weight is 239 g/mol. The van der Waals surface area contributed by atoms with Crippen LogP contribution >= 0.6 is 0 Å². The molecule has 1 aromatic rings. The SMILES string of the molecule is CCCc1ccc(C=NCCC(C)(F)F)cc1. The molecule has 0 saturated heterocycles. The van der Waals surface area contributed by atoms with Crippen LogP contribution in [0.2, 0.25) is 0 Å². The summed E-state index contributed by atoms with van der Waals surface area (Å²) < 4.78 is 25.0. The first-order chi connectivity index (χ1) is 8.01. The second-order valence-corrected chi connectivity index (χ2v) is 4.35. The van der Waals surface area contributed by atoms with Crippen LogP contribution in [0.1, 0.15) is 37.8 Å². The summed E-state index contributed by atoms with van der Waals surface area (Å²) in [4.78, 5) is 4.00. The third-order valence-electron chi connectivity index (χ3n) is 2.44. The Morgan fingerprint density at radius 3 is 2.41 bits per heavy atom. The van der Waals surface area contributed by atoms with E-state index in [1.165, 1.54) is 5.56 Å². The van der Waals surface area contributed by atoms with Crippen molar-refractivity contribution in [3.8, 4) is 0 Å². The standard InChI is InChI=1S/C14H19F2N/c1-3-4-12-5-7-13(8-6-12)11-17-10-9-14(2,15)16/h5-8,11H,3-4,9-10H2,1-2H3. The molecular weight excluding hydrogens is 220 g/mol. The van der Waals surface area contributed by atoms with Gasteiger partial charge in [0, 0.05) is 19.2 Å². The van der Waals surface area contributed by atoms with Gasteiger partial charge in [-0.1, -0.05) is 37.6 Å². The number of hydrogen-bond donors (Lipinski definition) is 0. The molecule has 0 saturated carbocycles. The largest absolute Gasteiger partial charge is 0.292 e. The van der Waals surface area contributed by atoms with Crippen LogP contribution in [0.15, 0.2) is 29.3 Å². The van der Waals surface area contributed by atoms with Gasteiger partial charge >= 0.3 is 0 Å². The molecule has 94 valence electrons. The molecule has 0 aliphatic heterocycles. The van der Waals surface area contributed by atoms with Crippen molar-refractivity contribution in [3.05, 3.63) is 35.4 Å². The van der Waals surface area contributed by atoms with Crippen LogP contribution in [-0.4, -0.2) is 18.7 Å². The molecule has 1 aromatic carbocycles. The summed E-state index contributed by atoms with van der Waals surface area (Å²) in [7, 11) is 0. The van der Waals surface area contributed by atoms with Gasteiger partial charge in [-0.05, 0) is 24.5 Å². The van der Waals surface area contributed by atoms with E-state index in [2.05, 4.69) is 24.0 Å². The molecule has 0 fully saturated rings. The Morgan fingerprint density at radius 1 is 1.24 bits per heavy atom. The third-order valence-corrected chi connectivity index (χ3v) is 2.44. The van der Waals surface area contributed by atoms with Crippen LogP contribution < -0.4 is 0 Å². The zero-order valence-corrected chi connectivity index (χ0v) is 10.4. The molecule has 1 nitrogen and oxygen atoms in total. The Bertz CT molecular complexity index is 349. The minimum absolute atomic E-state index is 0.167. The molecule has 0 amide bonds. The summed E-state index contributed by atoms with van der Waals surface area (Å²) >= 11 is 0. The van der Waals surface area contributed by atoms with E-state index < -0.39 is 5.92 Å². The Hall–Kier alpha value is -1.25. The number of aryl methyl sites for hydroxylation is 1. The van der Waals surface area contributed by atoms with Crippen LogP contribution in [0.3, 0.4) is 0 Å². The summed E-state index contributed by atoms with van der Waals surface area (Å²) in [5.41, 5.74) is 2.26. The van der Waals surface area contributed by atoms with E-state index >= 15 is 0 Å². The highest BCUT2D eigenvalue weighted by Crippen LogP contribution is 2.16. The summed E-state index contributed by atoms with van der Waals surface area (Å²) in [6, 6.07) is 8.05. The summed E-state index contributed by atoms with van der Waals surface area (Å²) in [6.45, 7) is 3.22. The Balaban J connectivity index is 2.43. The fraction of sp³-hybridized carbons (Fsp3) is 0.500. The average Bonchev–Trinajstić information content (AvgIpc) is 2.26. The highest BCUT2D eigenvalue weighted by Gasteiger charge is 2.19. The van der Waals surface area contributed by atoms with Crippen LogP contribution in [0.5, 0.6) is 0 Å². The van der Waals surface area contributed by atoms with Gasteiger partial charge in [0.25, 0.3) is 0 Å². The highest BCUT2D eigenvalue weighted by atomic mass is 19.3. The Morgan fingerprint density at radius 2 is 1.88 bits per heavy atom. The normalized spacial score (nSPS) is 12.2. The number of hydrogen-bond acceptors (Lipinski definition) is 1. The van der Waals surface area contributed by atoms with Crippen molar-refractivity contribution in [2.75, 3.05) is 6.54 Å². The van der Waals surface area contributed by atoms with E-state index in [4.69, 9.17) is 0 Å². The summed E-state index contributed by atoms with van der Waals surface area (Å²) in [5, 5.41) is 0. The Kier molecular flexibility index (Phi) is 5.26. The fourth-order valence-corrected chi connectivity index (χ4v) is 1.49. The minimum atomic E-state index is -2.62. The molecule has 0 spiro atoms. The molecule has 1 rings (SSSR count). The zero-order chi connectivity index (χ0) is 12.7. The molecular formula is C14H19F2N. The number of rotatable bonds is 6. The monoisotopic (exact) mass is 239 g/mol. The maximum Gasteiger partial charge on any atom is 0.247 e. The lowest BCUT2D eigenvalue weighted by Crippen LogP contribution is -2.10. The number of benzene rings is 1. The van der Waals surface area contributed by atoms with Gasteiger partial charge in [0.1, 0.15) is 0 Å². The van der Waals surface area contributed by atoms with Gasteiger partial charge in [-0.15, -0.1) is 0 Å². The van der Waals surface area contributed by atoms with E-state index in [0.29, 0.717) is 0 Å². The number of alkyl halides is 2.